The van der Waals surface area contributed by atoms with E-state index in [0.29, 0.717) is 32.5 Å². The fraction of sp³-hybridized carbons (Fsp3) is 0.0645. The zero-order chi connectivity index (χ0) is 28.3. The minimum atomic E-state index is -4.60. The molecule has 2 aliphatic rings. The summed E-state index contributed by atoms with van der Waals surface area (Å²) in [6.07, 6.45) is 0. The molecular weight excluding hydrogens is 551 g/mol. The van der Waals surface area contributed by atoms with Crippen molar-refractivity contribution in [3.63, 3.8) is 0 Å². The van der Waals surface area contributed by atoms with Crippen LogP contribution in [0, 0.1) is 24.3 Å². The average Bonchev–Trinajstić information content (AvgIpc) is 2.93. The van der Waals surface area contributed by atoms with Crippen molar-refractivity contribution in [1.82, 2.24) is 4.98 Å². The van der Waals surface area contributed by atoms with E-state index in [-0.39, 0.29) is 72.8 Å². The van der Waals surface area contributed by atoms with Gasteiger partial charge in [-0.2, -0.15) is 8.42 Å². The van der Waals surface area contributed by atoms with Crippen LogP contribution in [-0.4, -0.2) is 18.0 Å². The summed E-state index contributed by atoms with van der Waals surface area (Å²) in [5, 5.41) is 18.1. The Kier molecular flexibility index (Phi) is 7.35. The van der Waals surface area contributed by atoms with Gasteiger partial charge >= 0.3 is 29.6 Å². The third kappa shape index (κ3) is 4.75. The van der Waals surface area contributed by atoms with Gasteiger partial charge in [-0.25, -0.2) is 4.98 Å². The molecule has 4 aromatic carbocycles. The first kappa shape index (κ1) is 28.7. The molecule has 1 heterocycles. The van der Waals surface area contributed by atoms with E-state index >= 15 is 0 Å². The number of aromatic nitrogens is 1. The number of anilines is 2. The van der Waals surface area contributed by atoms with Gasteiger partial charge in [0.15, 0.2) is 5.43 Å². The van der Waals surface area contributed by atoms with E-state index in [1.54, 1.807) is 80.6 Å². The van der Waals surface area contributed by atoms with Crippen LogP contribution in [0.15, 0.2) is 93.3 Å². The van der Waals surface area contributed by atoms with Crippen LogP contribution >= 0.6 is 0 Å². The Bertz CT molecular complexity index is 2350. The van der Waals surface area contributed by atoms with Gasteiger partial charge in [-0.3, -0.25) is 14.1 Å². The van der Waals surface area contributed by atoms with Gasteiger partial charge in [0, 0.05) is 21.0 Å². The Morgan fingerprint density at radius 2 is 1.51 bits per heavy atom. The number of hydrogen-bond donors (Lipinski definition) is 2. The smallest absolute Gasteiger partial charge is 0.872 e. The second kappa shape index (κ2) is 10.5. The monoisotopic (exact) mass is 572 g/mol. The minimum Gasteiger partial charge on any atom is -0.872 e. The Morgan fingerprint density at radius 3 is 2.20 bits per heavy atom. The minimum absolute atomic E-state index is 0. The molecular formula is C31H21N2NaO6S. The number of hydrogen-bond acceptors (Lipinski definition) is 7. The van der Waals surface area contributed by atoms with Gasteiger partial charge in [-0.15, -0.1) is 0 Å². The van der Waals surface area contributed by atoms with E-state index in [4.69, 9.17) is 0 Å². The maximum absolute atomic E-state index is 14.0. The van der Waals surface area contributed by atoms with Crippen LogP contribution < -0.4 is 56.2 Å². The molecule has 0 saturated heterocycles. The van der Waals surface area contributed by atoms with Crippen LogP contribution in [0.3, 0.4) is 0 Å². The molecule has 1 aliphatic carbocycles. The molecule has 0 atom stereocenters. The summed E-state index contributed by atoms with van der Waals surface area (Å²) >= 11 is 0. The zero-order valence-electron chi connectivity index (χ0n) is 22.3. The Morgan fingerprint density at radius 1 is 0.854 bits per heavy atom. The van der Waals surface area contributed by atoms with Crippen molar-refractivity contribution >= 4 is 48.9 Å². The zero-order valence-corrected chi connectivity index (χ0v) is 25.2. The number of nitrogens with zero attached hydrogens (tertiary/aromatic N) is 1. The molecule has 8 nitrogen and oxygen atoms in total. The van der Waals surface area contributed by atoms with Gasteiger partial charge < -0.3 is 10.4 Å². The molecule has 0 bridgehead atoms. The van der Waals surface area contributed by atoms with Gasteiger partial charge in [0.05, 0.1) is 22.3 Å². The van der Waals surface area contributed by atoms with E-state index in [1.807, 2.05) is 0 Å². The van der Waals surface area contributed by atoms with E-state index in [0.717, 1.165) is 0 Å². The molecule has 4 aromatic rings. The summed E-state index contributed by atoms with van der Waals surface area (Å²) in [7, 11) is -4.60. The largest absolute Gasteiger partial charge is 1.00 e. The summed E-state index contributed by atoms with van der Waals surface area (Å²) in [4.78, 5) is 31.3. The molecule has 0 radical (unpaired) electrons. The molecule has 0 spiro atoms. The molecule has 0 amide bonds. The topological polar surface area (TPSA) is 136 Å². The van der Waals surface area contributed by atoms with Crippen molar-refractivity contribution < 1.29 is 47.6 Å². The predicted molar refractivity (Wildman–Crippen MR) is 151 cm³/mol. The van der Waals surface area contributed by atoms with Crippen LogP contribution in [0.5, 0.6) is 0 Å². The third-order valence-corrected chi connectivity index (χ3v) is 7.93. The summed E-state index contributed by atoms with van der Waals surface area (Å²) < 4.78 is 34.2. The molecule has 10 heteroatoms. The summed E-state index contributed by atoms with van der Waals surface area (Å²) in [6.45, 7) is 3.40. The summed E-state index contributed by atoms with van der Waals surface area (Å²) in [5.74, 6) is -0.520. The second-order valence-corrected chi connectivity index (χ2v) is 11.1. The number of rotatable bonds is 4. The molecule has 0 saturated carbocycles. The number of fused-ring (bicyclic) bond motifs is 2. The van der Waals surface area contributed by atoms with E-state index < -0.39 is 21.4 Å². The molecule has 41 heavy (non-hydrogen) atoms. The van der Waals surface area contributed by atoms with Crippen LogP contribution in [0.2, 0.25) is 0 Å². The normalized spacial score (nSPS) is 12.5. The van der Waals surface area contributed by atoms with Crippen molar-refractivity contribution in [2.24, 2.45) is 0 Å². The first-order valence-corrected chi connectivity index (χ1v) is 13.8. The Hall–Kier alpha value is -3.86. The molecule has 0 fully saturated rings. The first-order chi connectivity index (χ1) is 19.1. The maximum Gasteiger partial charge on any atom is 1.00 e. The van der Waals surface area contributed by atoms with Crippen LogP contribution in [0.1, 0.15) is 16.7 Å². The van der Waals surface area contributed by atoms with Crippen molar-refractivity contribution in [1.29, 1.82) is 0 Å². The molecule has 1 aliphatic heterocycles. The first-order valence-electron chi connectivity index (χ1n) is 12.3. The average molecular weight is 573 g/mol. The SMILES string of the molecule is Cc1ccc(Nc2cc(C)c3nc(=O)/c(=C(/[O-])c4ccccc4)c4c5ccccc5c(=O)c2c3=4)c(S(=O)(=O)O)c1.[Na+]. The van der Waals surface area contributed by atoms with Crippen LogP contribution in [0.4, 0.5) is 11.4 Å². The number of aryl methyl sites for hydroxylation is 2. The predicted octanol–water partition coefficient (Wildman–Crippen LogP) is 0.118. The summed E-state index contributed by atoms with van der Waals surface area (Å²) in [5.41, 5.74) is 0.938. The second-order valence-electron chi connectivity index (χ2n) is 9.68. The molecule has 6 rings (SSSR count). The standard InChI is InChI=1S/C31H22N2O6S.Na/c1-16-12-13-21(23(14-16)40(37,38)39)32-22-15-17(2)28-26-24(19-10-6-7-11-20(19)30(35)25(22)26)27(31(36)33-28)29(34)18-8-4-3-5-9-18;/h3-15,32,34H,1-2H3,(H,37,38,39);/q;+1/p-1/b29-27+;. The van der Waals surface area contributed by atoms with Crippen molar-refractivity contribution in [3.8, 4) is 0 Å². The van der Waals surface area contributed by atoms with Crippen LogP contribution in [-0.2, 0) is 10.1 Å². The van der Waals surface area contributed by atoms with Gasteiger partial charge in [0.25, 0.3) is 15.7 Å². The van der Waals surface area contributed by atoms with Gasteiger partial charge in [0.2, 0.25) is 0 Å². The summed E-state index contributed by atoms with van der Waals surface area (Å²) in [6, 6.07) is 21.2. The maximum atomic E-state index is 14.0. The van der Waals surface area contributed by atoms with E-state index in [9.17, 15) is 27.7 Å². The van der Waals surface area contributed by atoms with Gasteiger partial charge in [-0.05, 0) is 54.1 Å². The number of benzene rings is 4. The molecule has 0 aromatic heterocycles. The van der Waals surface area contributed by atoms with Gasteiger partial charge in [-0.1, -0.05) is 66.4 Å². The quantitative estimate of drug-likeness (QED) is 0.225. The number of nitrogens with one attached hydrogen (secondary N) is 1. The van der Waals surface area contributed by atoms with Crippen LogP contribution in [0.25, 0.3) is 27.4 Å². The third-order valence-electron chi connectivity index (χ3n) is 7.03. The Labute approximate surface area is 256 Å². The molecule has 2 N–H and O–H groups in total. The van der Waals surface area contributed by atoms with E-state index in [2.05, 4.69) is 10.3 Å². The van der Waals surface area contributed by atoms with Gasteiger partial charge in [0.1, 0.15) is 4.90 Å². The van der Waals surface area contributed by atoms with Crippen molar-refractivity contribution in [3.05, 3.63) is 132 Å². The fourth-order valence-electron chi connectivity index (χ4n) is 5.26. The fourth-order valence-corrected chi connectivity index (χ4v) is 5.99. The van der Waals surface area contributed by atoms with Crippen molar-refractivity contribution in [2.75, 3.05) is 5.32 Å². The molecule has 0 unspecified atom stereocenters. The van der Waals surface area contributed by atoms with Crippen molar-refractivity contribution in [2.45, 2.75) is 18.7 Å². The Balaban J connectivity index is 0.00000337. The molecule has 198 valence electrons. The van der Waals surface area contributed by atoms with E-state index in [1.165, 1.54) is 12.1 Å².